The standard InChI is InChI=1S/C7H14N2O.C7H8O3S/c1-5-7(10)8-6-9(2,3)4;1-6-2-4-7(5-3-6)11(8,9)10/h5H,1,6H2,2-4H3;2-5H,1H3,(H,8,9,10). The second-order valence-electron chi connectivity index (χ2n) is 5.46. The van der Waals surface area contributed by atoms with E-state index in [1.54, 1.807) is 12.1 Å². The van der Waals surface area contributed by atoms with Crippen molar-refractivity contribution in [2.75, 3.05) is 27.8 Å². The predicted molar refractivity (Wildman–Crippen MR) is 80.4 cm³/mol. The normalized spacial score (nSPS) is 11.1. The summed E-state index contributed by atoms with van der Waals surface area (Å²) in [6, 6.07) is 5.78. The molecule has 0 aromatic heterocycles. The van der Waals surface area contributed by atoms with Crippen LogP contribution in [0.2, 0.25) is 0 Å². The van der Waals surface area contributed by atoms with E-state index in [0.29, 0.717) is 6.67 Å². The fourth-order valence-corrected chi connectivity index (χ4v) is 1.56. The summed E-state index contributed by atoms with van der Waals surface area (Å²) in [5.74, 6) is -0.118. The van der Waals surface area contributed by atoms with Crippen LogP contribution in [0.3, 0.4) is 0 Å². The van der Waals surface area contributed by atoms with Crippen LogP contribution in [0.5, 0.6) is 0 Å². The molecule has 0 aliphatic rings. The van der Waals surface area contributed by atoms with Gasteiger partial charge in [-0.3, -0.25) is 4.79 Å². The number of amides is 1. The fraction of sp³-hybridized carbons (Fsp3) is 0.357. The number of benzene rings is 1. The van der Waals surface area contributed by atoms with Crippen LogP contribution in [-0.4, -0.2) is 51.2 Å². The number of carbonyl (C=O) groups is 1. The zero-order valence-corrected chi connectivity index (χ0v) is 13.6. The Hall–Kier alpha value is -1.70. The van der Waals surface area contributed by atoms with Gasteiger partial charge < -0.3 is 14.4 Å². The first-order valence-corrected chi connectivity index (χ1v) is 7.60. The van der Waals surface area contributed by atoms with Crippen molar-refractivity contribution in [3.63, 3.8) is 0 Å². The van der Waals surface area contributed by atoms with E-state index in [4.69, 9.17) is 0 Å². The van der Waals surface area contributed by atoms with E-state index >= 15 is 0 Å². The fourth-order valence-electron chi connectivity index (χ4n) is 1.09. The second kappa shape index (κ2) is 7.92. The molecule has 1 rings (SSSR count). The lowest BCUT2D eigenvalue weighted by Crippen LogP contribution is -2.44. The molecular formula is C14H22N2O4S. The molecule has 7 heteroatoms. The Kier molecular flexibility index (Phi) is 7.28. The van der Waals surface area contributed by atoms with Crippen LogP contribution in [-0.2, 0) is 14.9 Å². The largest absolute Gasteiger partial charge is 0.744 e. The maximum atomic E-state index is 10.6. The Morgan fingerprint density at radius 3 is 2.10 bits per heavy atom. The molecule has 0 aliphatic carbocycles. The third kappa shape index (κ3) is 9.78. The van der Waals surface area contributed by atoms with Crippen molar-refractivity contribution < 1.29 is 22.2 Å². The number of nitrogens with one attached hydrogen (secondary N) is 1. The van der Waals surface area contributed by atoms with Crippen molar-refractivity contribution in [2.24, 2.45) is 0 Å². The Labute approximate surface area is 126 Å². The van der Waals surface area contributed by atoms with Gasteiger partial charge in [-0.25, -0.2) is 8.42 Å². The molecule has 0 unspecified atom stereocenters. The van der Waals surface area contributed by atoms with Crippen molar-refractivity contribution in [1.82, 2.24) is 5.32 Å². The van der Waals surface area contributed by atoms with Gasteiger partial charge in [0.15, 0.2) is 6.67 Å². The van der Waals surface area contributed by atoms with Crippen LogP contribution >= 0.6 is 0 Å². The maximum absolute atomic E-state index is 10.6. The topological polar surface area (TPSA) is 86.3 Å². The van der Waals surface area contributed by atoms with Gasteiger partial charge in [0.25, 0.3) is 0 Å². The first-order valence-electron chi connectivity index (χ1n) is 6.19. The van der Waals surface area contributed by atoms with Gasteiger partial charge in [0.2, 0.25) is 5.91 Å². The van der Waals surface area contributed by atoms with E-state index in [0.717, 1.165) is 10.0 Å². The highest BCUT2D eigenvalue weighted by Crippen LogP contribution is 2.08. The highest BCUT2D eigenvalue weighted by Gasteiger charge is 2.06. The Balaban J connectivity index is 0.000000384. The minimum Gasteiger partial charge on any atom is -0.744 e. The molecular weight excluding hydrogens is 292 g/mol. The Morgan fingerprint density at radius 1 is 1.29 bits per heavy atom. The molecule has 0 atom stereocenters. The van der Waals surface area contributed by atoms with Gasteiger partial charge in [-0.05, 0) is 25.1 Å². The third-order valence-electron chi connectivity index (χ3n) is 2.22. The minimum absolute atomic E-state index is 0.118. The first-order chi connectivity index (χ1) is 9.45. The molecule has 0 spiro atoms. The minimum atomic E-state index is -4.27. The van der Waals surface area contributed by atoms with E-state index in [1.165, 1.54) is 18.2 Å². The number of rotatable bonds is 4. The summed E-state index contributed by atoms with van der Waals surface area (Å²) >= 11 is 0. The van der Waals surface area contributed by atoms with Crippen LogP contribution in [0.1, 0.15) is 5.56 Å². The lowest BCUT2D eigenvalue weighted by Gasteiger charge is -2.23. The molecule has 1 aromatic rings. The molecule has 1 N–H and O–H groups in total. The molecule has 1 aromatic carbocycles. The zero-order chi connectivity index (χ0) is 16.7. The number of nitrogens with zero attached hydrogens (tertiary/aromatic N) is 1. The van der Waals surface area contributed by atoms with E-state index < -0.39 is 10.1 Å². The first kappa shape index (κ1) is 19.3. The molecule has 0 heterocycles. The molecule has 0 saturated heterocycles. The number of aryl methyl sites for hydroxylation is 1. The summed E-state index contributed by atoms with van der Waals surface area (Å²) in [5.41, 5.74) is 0.928. The van der Waals surface area contributed by atoms with Crippen LogP contribution in [0.25, 0.3) is 0 Å². The van der Waals surface area contributed by atoms with Gasteiger partial charge in [-0.2, -0.15) is 0 Å². The summed E-state index contributed by atoms with van der Waals surface area (Å²) < 4.78 is 31.9. The van der Waals surface area contributed by atoms with Crippen molar-refractivity contribution >= 4 is 16.0 Å². The van der Waals surface area contributed by atoms with Gasteiger partial charge in [-0.15, -0.1) is 0 Å². The van der Waals surface area contributed by atoms with Gasteiger partial charge in [0, 0.05) is 0 Å². The van der Waals surface area contributed by atoms with Gasteiger partial charge >= 0.3 is 0 Å². The van der Waals surface area contributed by atoms with Crippen LogP contribution in [0.15, 0.2) is 41.8 Å². The third-order valence-corrected chi connectivity index (χ3v) is 3.07. The summed E-state index contributed by atoms with van der Waals surface area (Å²) in [4.78, 5) is 10.4. The maximum Gasteiger partial charge on any atom is 0.247 e. The number of carbonyl (C=O) groups excluding carboxylic acids is 1. The predicted octanol–water partition coefficient (Wildman–Crippen LogP) is 0.851. The molecule has 0 radical (unpaired) electrons. The average Bonchev–Trinajstić information content (AvgIpc) is 2.35. The van der Waals surface area contributed by atoms with Crippen LogP contribution < -0.4 is 5.32 Å². The lowest BCUT2D eigenvalue weighted by atomic mass is 10.2. The quantitative estimate of drug-likeness (QED) is 0.386. The second-order valence-corrected chi connectivity index (χ2v) is 6.84. The molecule has 0 saturated carbocycles. The number of quaternary nitrogens is 1. The summed E-state index contributed by atoms with van der Waals surface area (Å²) in [6.07, 6.45) is 1.27. The lowest BCUT2D eigenvalue weighted by molar-refractivity contribution is -0.872. The van der Waals surface area contributed by atoms with Crippen molar-refractivity contribution in [2.45, 2.75) is 11.8 Å². The van der Waals surface area contributed by atoms with Crippen LogP contribution in [0, 0.1) is 6.92 Å². The van der Waals surface area contributed by atoms with Crippen molar-refractivity contribution in [1.29, 1.82) is 0 Å². The number of hydrogen-bond acceptors (Lipinski definition) is 4. The Morgan fingerprint density at radius 2 is 1.76 bits per heavy atom. The monoisotopic (exact) mass is 314 g/mol. The molecule has 0 fully saturated rings. The van der Waals surface area contributed by atoms with Crippen LogP contribution in [0.4, 0.5) is 0 Å². The van der Waals surface area contributed by atoms with E-state index in [-0.39, 0.29) is 10.8 Å². The highest BCUT2D eigenvalue weighted by molar-refractivity contribution is 7.85. The average molecular weight is 314 g/mol. The summed E-state index contributed by atoms with van der Waals surface area (Å²) in [7, 11) is 1.74. The summed E-state index contributed by atoms with van der Waals surface area (Å²) in [6.45, 7) is 5.79. The van der Waals surface area contributed by atoms with E-state index in [2.05, 4.69) is 11.9 Å². The molecule has 118 valence electrons. The van der Waals surface area contributed by atoms with Gasteiger partial charge in [-0.1, -0.05) is 24.3 Å². The Bertz CT molecular complexity index is 572. The molecule has 0 bridgehead atoms. The smallest absolute Gasteiger partial charge is 0.247 e. The molecule has 21 heavy (non-hydrogen) atoms. The molecule has 1 amide bonds. The zero-order valence-electron chi connectivity index (χ0n) is 12.8. The van der Waals surface area contributed by atoms with Crippen molar-refractivity contribution in [3.8, 4) is 0 Å². The highest BCUT2D eigenvalue weighted by atomic mass is 32.2. The van der Waals surface area contributed by atoms with Gasteiger partial charge in [0.05, 0.1) is 26.0 Å². The van der Waals surface area contributed by atoms with E-state index in [1.807, 2.05) is 28.1 Å². The molecule has 0 aliphatic heterocycles. The van der Waals surface area contributed by atoms with Gasteiger partial charge in [0.1, 0.15) is 10.1 Å². The van der Waals surface area contributed by atoms with Crippen molar-refractivity contribution in [3.05, 3.63) is 42.5 Å². The number of hydrogen-bond donors (Lipinski definition) is 1. The SMILES string of the molecule is C=CC(=O)NC[N+](C)(C)C.Cc1ccc(S(=O)(=O)[O-])cc1. The van der Waals surface area contributed by atoms with E-state index in [9.17, 15) is 17.8 Å². The molecule has 6 nitrogen and oxygen atoms in total. The summed E-state index contributed by atoms with van der Waals surface area (Å²) in [5, 5.41) is 2.69.